The molecule has 3 aromatic rings. The molecular weight excluding hydrogens is 533 g/mol. The van der Waals surface area contributed by atoms with E-state index in [1.54, 1.807) is 6.07 Å². The van der Waals surface area contributed by atoms with E-state index in [1.807, 2.05) is 23.6 Å². The molecule has 1 saturated heterocycles. The Hall–Kier alpha value is -2.79. The van der Waals surface area contributed by atoms with E-state index < -0.39 is 11.2 Å². The SMILES string of the molecule is O=C(Cl)CCC(=O)OCOc1cc(=[N+]2CCOCC2)oc2c(-c3ccc4c(c3)OCCO4)csc12.[Cl-]. The van der Waals surface area contributed by atoms with E-state index in [0.29, 0.717) is 67.9 Å². The van der Waals surface area contributed by atoms with Gasteiger partial charge in [0.05, 0.1) is 12.5 Å². The van der Waals surface area contributed by atoms with Crippen LogP contribution in [0.15, 0.2) is 34.1 Å². The molecule has 9 nitrogen and oxygen atoms in total. The number of nitrogens with zero attached hydrogens (tertiary/aromatic N) is 1. The molecule has 0 spiro atoms. The molecule has 0 bridgehead atoms. The Labute approximate surface area is 221 Å². The van der Waals surface area contributed by atoms with E-state index in [9.17, 15) is 9.59 Å². The Morgan fingerprint density at radius 1 is 1.03 bits per heavy atom. The van der Waals surface area contributed by atoms with Gasteiger partial charge in [-0.05, 0) is 29.3 Å². The van der Waals surface area contributed by atoms with E-state index in [2.05, 4.69) is 4.58 Å². The molecule has 1 fully saturated rings. The minimum Gasteiger partial charge on any atom is -1.00 e. The first kappa shape index (κ1) is 26.3. The van der Waals surface area contributed by atoms with Crippen molar-refractivity contribution in [2.24, 2.45) is 0 Å². The summed E-state index contributed by atoms with van der Waals surface area (Å²) in [6.45, 7) is 3.28. The second-order valence-corrected chi connectivity index (χ2v) is 9.15. The van der Waals surface area contributed by atoms with Gasteiger partial charge in [0.1, 0.15) is 31.1 Å². The monoisotopic (exact) mass is 555 g/mol. The standard InChI is InChI=1S/C24H23ClNO8S.ClH/c25-20(27)3-4-22(28)33-14-32-19-12-21(26-5-7-29-8-6-26)34-23-16(13-35-24(19)23)15-1-2-17-18(11-15)31-10-9-30-17;/h1-2,11-13H,3-10,14H2;1H/q+1;/p-1. The van der Waals surface area contributed by atoms with Crippen LogP contribution in [0.3, 0.4) is 0 Å². The molecule has 2 aromatic heterocycles. The zero-order chi connectivity index (χ0) is 24.2. The molecule has 1 aromatic carbocycles. The fraction of sp³-hybridized carbons (Fsp3) is 0.375. The molecule has 0 radical (unpaired) electrons. The van der Waals surface area contributed by atoms with Crippen LogP contribution in [0.4, 0.5) is 0 Å². The van der Waals surface area contributed by atoms with E-state index in [0.717, 1.165) is 15.8 Å². The van der Waals surface area contributed by atoms with Crippen molar-refractivity contribution in [2.75, 3.05) is 46.3 Å². The lowest BCUT2D eigenvalue weighted by molar-refractivity contribution is -0.150. The van der Waals surface area contributed by atoms with Gasteiger partial charge in [-0.3, -0.25) is 9.59 Å². The molecule has 5 rings (SSSR count). The zero-order valence-electron chi connectivity index (χ0n) is 19.1. The molecule has 2 aliphatic heterocycles. The van der Waals surface area contributed by atoms with Gasteiger partial charge < -0.3 is 40.5 Å². The lowest BCUT2D eigenvalue weighted by Gasteiger charge is -2.18. The van der Waals surface area contributed by atoms with Crippen LogP contribution in [0.1, 0.15) is 12.8 Å². The molecule has 4 heterocycles. The first-order chi connectivity index (χ1) is 17.1. The summed E-state index contributed by atoms with van der Waals surface area (Å²) in [5.74, 6) is 1.37. The maximum Gasteiger partial charge on any atom is 0.371 e. The van der Waals surface area contributed by atoms with Crippen molar-refractivity contribution < 1.29 is 50.1 Å². The van der Waals surface area contributed by atoms with Crippen LogP contribution in [0.5, 0.6) is 17.2 Å². The molecule has 0 amide bonds. The molecule has 12 heteroatoms. The Kier molecular flexibility index (Phi) is 8.73. The van der Waals surface area contributed by atoms with Crippen LogP contribution < -0.4 is 36.7 Å². The second-order valence-electron chi connectivity index (χ2n) is 7.85. The Balaban J connectivity index is 0.00000304. The van der Waals surface area contributed by atoms with Crippen molar-refractivity contribution in [3.63, 3.8) is 0 Å². The largest absolute Gasteiger partial charge is 1.00 e. The average molecular weight is 556 g/mol. The number of hydrogen-bond acceptors (Lipinski definition) is 9. The number of thiophene rings is 1. The third-order valence-electron chi connectivity index (χ3n) is 5.57. The number of esters is 1. The van der Waals surface area contributed by atoms with Crippen molar-refractivity contribution in [3.05, 3.63) is 35.2 Å². The highest BCUT2D eigenvalue weighted by Crippen LogP contribution is 2.41. The highest BCUT2D eigenvalue weighted by Gasteiger charge is 2.21. The van der Waals surface area contributed by atoms with Crippen LogP contribution >= 0.6 is 22.9 Å². The van der Waals surface area contributed by atoms with Crippen molar-refractivity contribution in [2.45, 2.75) is 12.8 Å². The Morgan fingerprint density at radius 2 is 1.81 bits per heavy atom. The number of benzene rings is 1. The van der Waals surface area contributed by atoms with Crippen LogP contribution in [-0.4, -0.2) is 57.5 Å². The third-order valence-corrected chi connectivity index (χ3v) is 6.73. The molecule has 0 N–H and O–H groups in total. The van der Waals surface area contributed by atoms with Gasteiger partial charge >= 0.3 is 11.5 Å². The highest BCUT2D eigenvalue weighted by molar-refractivity contribution is 7.18. The van der Waals surface area contributed by atoms with Crippen molar-refractivity contribution in [1.29, 1.82) is 0 Å². The summed E-state index contributed by atoms with van der Waals surface area (Å²) in [6.07, 6.45) is -0.183. The van der Waals surface area contributed by atoms with E-state index in [-0.39, 0.29) is 32.0 Å². The number of halogens is 2. The van der Waals surface area contributed by atoms with Gasteiger partial charge in [-0.25, -0.2) is 0 Å². The lowest BCUT2D eigenvalue weighted by atomic mass is 10.1. The van der Waals surface area contributed by atoms with Crippen molar-refractivity contribution in [1.82, 2.24) is 4.58 Å². The molecule has 0 aliphatic carbocycles. The lowest BCUT2D eigenvalue weighted by Crippen LogP contribution is -3.00. The summed E-state index contributed by atoms with van der Waals surface area (Å²) >= 11 is 6.75. The number of morpholine rings is 1. The zero-order valence-corrected chi connectivity index (χ0v) is 21.5. The van der Waals surface area contributed by atoms with Crippen LogP contribution in [0.25, 0.3) is 21.4 Å². The summed E-state index contributed by atoms with van der Waals surface area (Å²) in [5, 5.41) is 1.41. The van der Waals surface area contributed by atoms with Gasteiger partial charge in [0, 0.05) is 17.4 Å². The summed E-state index contributed by atoms with van der Waals surface area (Å²) in [6, 6.07) is 7.59. The number of rotatable bonds is 7. The Bertz CT molecular complexity index is 1330. The molecular formula is C24H23Cl2NO8S. The normalized spacial score (nSPS) is 14.8. The van der Waals surface area contributed by atoms with Crippen LogP contribution in [-0.2, 0) is 19.1 Å². The number of hydrogen-bond donors (Lipinski definition) is 0. The fourth-order valence-electron chi connectivity index (χ4n) is 3.82. The first-order valence-corrected chi connectivity index (χ1v) is 12.4. The van der Waals surface area contributed by atoms with E-state index in [4.69, 9.17) is 39.7 Å². The Morgan fingerprint density at radius 3 is 2.58 bits per heavy atom. The summed E-state index contributed by atoms with van der Waals surface area (Å²) in [5.41, 5.74) is 3.10. The highest BCUT2D eigenvalue weighted by atomic mass is 35.5. The maximum atomic E-state index is 11.8. The number of carbonyl (C=O) groups is 2. The summed E-state index contributed by atoms with van der Waals surface area (Å²) in [4.78, 5) is 22.7. The quantitative estimate of drug-likeness (QED) is 0.176. The fourth-order valence-corrected chi connectivity index (χ4v) is 4.88. The van der Waals surface area contributed by atoms with E-state index in [1.165, 1.54) is 11.3 Å². The van der Waals surface area contributed by atoms with Gasteiger partial charge in [0.2, 0.25) is 12.0 Å². The van der Waals surface area contributed by atoms with Gasteiger partial charge in [0.15, 0.2) is 35.9 Å². The smallest absolute Gasteiger partial charge is 0.371 e. The molecule has 2 aliphatic rings. The minimum absolute atomic E-state index is 0. The maximum absolute atomic E-state index is 11.8. The van der Waals surface area contributed by atoms with Gasteiger partial charge in [0.25, 0.3) is 0 Å². The van der Waals surface area contributed by atoms with Crippen molar-refractivity contribution in [3.8, 4) is 28.4 Å². The molecule has 0 unspecified atom stereocenters. The van der Waals surface area contributed by atoms with Crippen LogP contribution in [0.2, 0.25) is 0 Å². The second kappa shape index (κ2) is 12.0. The third kappa shape index (κ3) is 5.95. The first-order valence-electron chi connectivity index (χ1n) is 11.2. The molecule has 0 saturated carbocycles. The number of carbonyl (C=O) groups excluding carboxylic acids is 2. The summed E-state index contributed by atoms with van der Waals surface area (Å²) < 4.78 is 37.1. The van der Waals surface area contributed by atoms with E-state index >= 15 is 0 Å². The van der Waals surface area contributed by atoms with Crippen molar-refractivity contribution >= 4 is 44.4 Å². The number of ether oxygens (including phenoxy) is 5. The minimum atomic E-state index is -0.588. The average Bonchev–Trinajstić information content (AvgIpc) is 3.32. The number of fused-ring (bicyclic) bond motifs is 2. The molecule has 0 atom stereocenters. The molecule has 192 valence electrons. The van der Waals surface area contributed by atoms with Gasteiger partial charge in [-0.2, -0.15) is 4.58 Å². The molecule has 36 heavy (non-hydrogen) atoms. The van der Waals surface area contributed by atoms with Gasteiger partial charge in [-0.15, -0.1) is 11.3 Å². The van der Waals surface area contributed by atoms with Crippen LogP contribution in [0, 0.1) is 0 Å². The topological polar surface area (TPSA) is 96.4 Å². The summed E-state index contributed by atoms with van der Waals surface area (Å²) in [7, 11) is 0. The predicted molar refractivity (Wildman–Crippen MR) is 128 cm³/mol. The van der Waals surface area contributed by atoms with Gasteiger partial charge in [-0.1, -0.05) is 6.07 Å². The predicted octanol–water partition coefficient (Wildman–Crippen LogP) is 0.164.